The van der Waals surface area contributed by atoms with E-state index in [1.165, 1.54) is 11.3 Å². The Morgan fingerprint density at radius 2 is 2.14 bits per heavy atom. The van der Waals surface area contributed by atoms with E-state index in [1.54, 1.807) is 0 Å². The first-order valence-corrected chi connectivity index (χ1v) is 7.53. The maximum absolute atomic E-state index is 11.9. The average molecular weight is 301 g/mol. The van der Waals surface area contributed by atoms with Crippen LogP contribution in [-0.4, -0.2) is 16.5 Å². The van der Waals surface area contributed by atoms with Crippen molar-refractivity contribution in [3.63, 3.8) is 0 Å². The van der Waals surface area contributed by atoms with Gasteiger partial charge in [-0.05, 0) is 36.0 Å². The SMILES string of the molecule is NCCc1ccccc1OCc1nc2ccsc2c(=O)[nH]1. The average Bonchev–Trinajstić information content (AvgIpc) is 2.96. The Labute approximate surface area is 125 Å². The first-order chi connectivity index (χ1) is 10.3. The Hall–Kier alpha value is -2.18. The molecule has 1 aromatic carbocycles. The Balaban J connectivity index is 1.82. The number of nitrogens with zero attached hydrogens (tertiary/aromatic N) is 1. The number of hydrogen-bond acceptors (Lipinski definition) is 5. The summed E-state index contributed by atoms with van der Waals surface area (Å²) >= 11 is 1.39. The smallest absolute Gasteiger partial charge is 0.268 e. The second kappa shape index (κ2) is 6.07. The number of para-hydroxylation sites is 1. The fraction of sp³-hybridized carbons (Fsp3) is 0.200. The minimum absolute atomic E-state index is 0.121. The molecule has 3 N–H and O–H groups in total. The van der Waals surface area contributed by atoms with E-state index in [0.29, 0.717) is 22.6 Å². The molecule has 0 aliphatic rings. The topological polar surface area (TPSA) is 81.0 Å². The monoisotopic (exact) mass is 301 g/mol. The van der Waals surface area contributed by atoms with Crippen molar-refractivity contribution >= 4 is 21.6 Å². The van der Waals surface area contributed by atoms with Crippen LogP contribution in [0.3, 0.4) is 0 Å². The van der Waals surface area contributed by atoms with Crippen LogP contribution in [0, 0.1) is 0 Å². The summed E-state index contributed by atoms with van der Waals surface area (Å²) in [5, 5.41) is 1.86. The normalized spacial score (nSPS) is 10.9. The molecule has 0 unspecified atom stereocenters. The number of nitrogens with one attached hydrogen (secondary N) is 1. The number of fused-ring (bicyclic) bond motifs is 1. The summed E-state index contributed by atoms with van der Waals surface area (Å²) in [6.45, 7) is 0.791. The summed E-state index contributed by atoms with van der Waals surface area (Å²) in [4.78, 5) is 19.0. The lowest BCUT2D eigenvalue weighted by Crippen LogP contribution is -2.13. The van der Waals surface area contributed by atoms with Crippen molar-refractivity contribution < 1.29 is 4.74 Å². The van der Waals surface area contributed by atoms with Crippen LogP contribution < -0.4 is 16.0 Å². The van der Waals surface area contributed by atoms with Gasteiger partial charge in [0.05, 0.1) is 5.52 Å². The number of thiophene rings is 1. The van der Waals surface area contributed by atoms with Crippen molar-refractivity contribution in [2.24, 2.45) is 5.73 Å². The quantitative estimate of drug-likeness (QED) is 0.756. The number of rotatable bonds is 5. The number of ether oxygens (including phenoxy) is 1. The number of aromatic amines is 1. The van der Waals surface area contributed by atoms with E-state index in [2.05, 4.69) is 9.97 Å². The maximum Gasteiger partial charge on any atom is 0.268 e. The standard InChI is InChI=1S/C15H15N3O2S/c16-7-5-10-3-1-2-4-12(10)20-9-13-17-11-6-8-21-14(11)15(19)18-13/h1-4,6,8H,5,7,9,16H2,(H,17,18,19). The van der Waals surface area contributed by atoms with Gasteiger partial charge in [-0.25, -0.2) is 4.98 Å². The molecule has 6 heteroatoms. The zero-order chi connectivity index (χ0) is 14.7. The van der Waals surface area contributed by atoms with Crippen LogP contribution in [0.1, 0.15) is 11.4 Å². The van der Waals surface area contributed by atoms with Gasteiger partial charge in [0.25, 0.3) is 5.56 Å². The first-order valence-electron chi connectivity index (χ1n) is 6.65. The molecule has 0 fully saturated rings. The van der Waals surface area contributed by atoms with E-state index >= 15 is 0 Å². The molecule has 0 aliphatic carbocycles. The minimum atomic E-state index is -0.121. The van der Waals surface area contributed by atoms with Crippen molar-refractivity contribution in [3.05, 3.63) is 57.5 Å². The molecule has 0 aliphatic heterocycles. The molecule has 0 amide bonds. The predicted molar refractivity (Wildman–Crippen MR) is 83.8 cm³/mol. The molecule has 2 aromatic heterocycles. The highest BCUT2D eigenvalue weighted by Crippen LogP contribution is 2.19. The second-order valence-corrected chi connectivity index (χ2v) is 5.50. The highest BCUT2D eigenvalue weighted by molar-refractivity contribution is 7.17. The van der Waals surface area contributed by atoms with E-state index in [-0.39, 0.29) is 12.2 Å². The van der Waals surface area contributed by atoms with Gasteiger partial charge < -0.3 is 15.5 Å². The number of H-pyrrole nitrogens is 1. The zero-order valence-corrected chi connectivity index (χ0v) is 12.2. The highest BCUT2D eigenvalue weighted by atomic mass is 32.1. The Morgan fingerprint density at radius 1 is 1.29 bits per heavy atom. The molecule has 0 atom stereocenters. The number of benzene rings is 1. The molecule has 2 heterocycles. The molecule has 0 saturated heterocycles. The molecule has 3 aromatic rings. The van der Waals surface area contributed by atoms with Gasteiger partial charge in [-0.2, -0.15) is 0 Å². The molecule has 0 radical (unpaired) electrons. The Bertz CT molecular complexity index is 810. The molecular formula is C15H15N3O2S. The van der Waals surface area contributed by atoms with Crippen LogP contribution in [0.4, 0.5) is 0 Å². The summed E-state index contributed by atoms with van der Waals surface area (Å²) in [7, 11) is 0. The highest BCUT2D eigenvalue weighted by Gasteiger charge is 2.07. The predicted octanol–water partition coefficient (Wildman–Crippen LogP) is 2.06. The van der Waals surface area contributed by atoms with Gasteiger partial charge in [0.1, 0.15) is 22.9 Å². The van der Waals surface area contributed by atoms with Crippen LogP contribution in [0.2, 0.25) is 0 Å². The maximum atomic E-state index is 11.9. The fourth-order valence-electron chi connectivity index (χ4n) is 2.14. The van der Waals surface area contributed by atoms with Gasteiger partial charge in [-0.15, -0.1) is 11.3 Å². The summed E-state index contributed by atoms with van der Waals surface area (Å²) in [5.74, 6) is 1.30. The van der Waals surface area contributed by atoms with Crippen molar-refractivity contribution in [2.45, 2.75) is 13.0 Å². The Morgan fingerprint density at radius 3 is 3.00 bits per heavy atom. The molecule has 0 bridgehead atoms. The number of hydrogen-bond donors (Lipinski definition) is 2. The number of aromatic nitrogens is 2. The molecule has 108 valence electrons. The summed E-state index contributed by atoms with van der Waals surface area (Å²) in [6.07, 6.45) is 0.754. The molecule has 21 heavy (non-hydrogen) atoms. The van der Waals surface area contributed by atoms with Gasteiger partial charge in [0.15, 0.2) is 0 Å². The summed E-state index contributed by atoms with van der Waals surface area (Å²) < 4.78 is 6.41. The van der Waals surface area contributed by atoms with Gasteiger partial charge in [0.2, 0.25) is 0 Å². The lowest BCUT2D eigenvalue weighted by Gasteiger charge is -2.10. The van der Waals surface area contributed by atoms with Crippen LogP contribution in [0.5, 0.6) is 5.75 Å². The van der Waals surface area contributed by atoms with Crippen molar-refractivity contribution in [3.8, 4) is 5.75 Å². The van der Waals surface area contributed by atoms with E-state index in [9.17, 15) is 4.79 Å². The van der Waals surface area contributed by atoms with E-state index in [0.717, 1.165) is 17.7 Å². The van der Waals surface area contributed by atoms with Crippen LogP contribution in [0.25, 0.3) is 10.2 Å². The molecule has 0 spiro atoms. The van der Waals surface area contributed by atoms with Crippen molar-refractivity contribution in [1.29, 1.82) is 0 Å². The van der Waals surface area contributed by atoms with Crippen LogP contribution in [0.15, 0.2) is 40.5 Å². The first kappa shape index (κ1) is 13.8. The molecule has 0 saturated carbocycles. The van der Waals surface area contributed by atoms with Gasteiger partial charge in [-0.3, -0.25) is 4.79 Å². The van der Waals surface area contributed by atoms with Crippen LogP contribution in [-0.2, 0) is 13.0 Å². The number of nitrogens with two attached hydrogens (primary N) is 1. The third-order valence-corrected chi connectivity index (χ3v) is 4.02. The fourth-order valence-corrected chi connectivity index (χ4v) is 2.87. The third-order valence-electron chi connectivity index (χ3n) is 3.11. The van der Waals surface area contributed by atoms with Gasteiger partial charge in [-0.1, -0.05) is 18.2 Å². The molecule has 5 nitrogen and oxygen atoms in total. The van der Waals surface area contributed by atoms with E-state index in [1.807, 2.05) is 35.7 Å². The van der Waals surface area contributed by atoms with E-state index < -0.39 is 0 Å². The van der Waals surface area contributed by atoms with Crippen molar-refractivity contribution in [1.82, 2.24) is 9.97 Å². The van der Waals surface area contributed by atoms with Crippen molar-refractivity contribution in [2.75, 3.05) is 6.54 Å². The summed E-state index contributed by atoms with van der Waals surface area (Å²) in [5.41, 5.74) is 7.23. The molecule has 3 rings (SSSR count). The third kappa shape index (κ3) is 2.96. The van der Waals surface area contributed by atoms with Gasteiger partial charge >= 0.3 is 0 Å². The molecular weight excluding hydrogens is 286 g/mol. The lowest BCUT2D eigenvalue weighted by molar-refractivity contribution is 0.293. The zero-order valence-electron chi connectivity index (χ0n) is 11.3. The summed E-state index contributed by atoms with van der Waals surface area (Å²) in [6, 6.07) is 9.58. The lowest BCUT2D eigenvalue weighted by atomic mass is 10.1. The second-order valence-electron chi connectivity index (χ2n) is 4.58. The minimum Gasteiger partial charge on any atom is -0.485 e. The largest absolute Gasteiger partial charge is 0.485 e. The Kier molecular flexibility index (Phi) is 3.98. The van der Waals surface area contributed by atoms with E-state index in [4.69, 9.17) is 10.5 Å². The van der Waals surface area contributed by atoms with Crippen LogP contribution >= 0.6 is 11.3 Å². The van der Waals surface area contributed by atoms with Gasteiger partial charge in [0, 0.05) is 0 Å².